The molecule has 0 unspecified atom stereocenters. The van der Waals surface area contributed by atoms with Crippen LogP contribution < -0.4 is 0 Å². The molecule has 2 rings (SSSR count). The minimum Gasteiger partial charge on any atom is -0.254 e. The van der Waals surface area contributed by atoms with Crippen LogP contribution in [0.3, 0.4) is 0 Å². The number of tetrazole rings is 1. The summed E-state index contributed by atoms with van der Waals surface area (Å²) in [6.07, 6.45) is 2.50. The zero-order valence-electron chi connectivity index (χ0n) is 8.29. The Morgan fingerprint density at radius 1 is 1.53 bits per heavy atom. The van der Waals surface area contributed by atoms with Gasteiger partial charge in [-0.3, -0.25) is 5.10 Å². The first-order chi connectivity index (χ1) is 7.40. The molecule has 0 bridgehead atoms. The van der Waals surface area contributed by atoms with E-state index in [0.29, 0.717) is 5.75 Å². The van der Waals surface area contributed by atoms with Crippen molar-refractivity contribution < 1.29 is 0 Å². The lowest BCUT2D eigenvalue weighted by Gasteiger charge is -2.00. The summed E-state index contributed by atoms with van der Waals surface area (Å²) in [6.45, 7) is 2.94. The largest absolute Gasteiger partial charge is 0.254 e. The lowest BCUT2D eigenvalue weighted by molar-refractivity contribution is 0.564. The van der Waals surface area contributed by atoms with Crippen LogP contribution in [-0.2, 0) is 12.3 Å². The summed E-state index contributed by atoms with van der Waals surface area (Å²) >= 11 is 1.53. The number of hydrogen-bond acceptors (Lipinski definition) is 6. The number of thioether (sulfide) groups is 1. The molecule has 7 nitrogen and oxygen atoms in total. The van der Waals surface area contributed by atoms with Gasteiger partial charge in [-0.05, 0) is 16.8 Å². The lowest BCUT2D eigenvalue weighted by atomic mass is 10.5. The van der Waals surface area contributed by atoms with Gasteiger partial charge in [0.25, 0.3) is 0 Å². The molecule has 0 atom stereocenters. The van der Waals surface area contributed by atoms with Gasteiger partial charge in [-0.2, -0.15) is 5.10 Å². The Labute approximate surface area is 90.7 Å². The van der Waals surface area contributed by atoms with Gasteiger partial charge in [-0.1, -0.05) is 18.7 Å². The predicted octanol–water partition coefficient (Wildman–Crippen LogP) is 0.493. The summed E-state index contributed by atoms with van der Waals surface area (Å²) in [4.78, 5) is 4.01. The first-order valence-corrected chi connectivity index (χ1v) is 5.62. The van der Waals surface area contributed by atoms with Crippen molar-refractivity contribution in [2.75, 3.05) is 0 Å². The molecule has 0 aliphatic rings. The first kappa shape index (κ1) is 10.1. The van der Waals surface area contributed by atoms with E-state index in [1.54, 1.807) is 0 Å². The van der Waals surface area contributed by atoms with Crippen molar-refractivity contribution in [3.63, 3.8) is 0 Å². The molecule has 2 heterocycles. The maximum Gasteiger partial charge on any atom is 0.183 e. The number of rotatable bonds is 5. The molecule has 15 heavy (non-hydrogen) atoms. The van der Waals surface area contributed by atoms with Crippen molar-refractivity contribution in [3.05, 3.63) is 12.2 Å². The molecule has 2 aromatic heterocycles. The van der Waals surface area contributed by atoms with Crippen LogP contribution in [0.1, 0.15) is 19.2 Å². The molecule has 0 fully saturated rings. The Kier molecular flexibility index (Phi) is 3.28. The normalized spacial score (nSPS) is 10.7. The van der Waals surface area contributed by atoms with Crippen LogP contribution in [0.4, 0.5) is 0 Å². The van der Waals surface area contributed by atoms with Crippen LogP contribution in [0.15, 0.2) is 11.5 Å². The average Bonchev–Trinajstić information content (AvgIpc) is 2.85. The quantitative estimate of drug-likeness (QED) is 0.745. The maximum atomic E-state index is 4.01. The van der Waals surface area contributed by atoms with E-state index in [4.69, 9.17) is 0 Å². The van der Waals surface area contributed by atoms with E-state index in [1.807, 2.05) is 4.68 Å². The van der Waals surface area contributed by atoms with E-state index in [9.17, 15) is 0 Å². The van der Waals surface area contributed by atoms with Gasteiger partial charge in [0.2, 0.25) is 0 Å². The van der Waals surface area contributed by atoms with Crippen molar-refractivity contribution in [1.82, 2.24) is 35.4 Å². The zero-order valence-corrected chi connectivity index (χ0v) is 9.11. The highest BCUT2D eigenvalue weighted by Gasteiger charge is 2.06. The summed E-state index contributed by atoms with van der Waals surface area (Å²) in [5.74, 6) is 1.56. The monoisotopic (exact) mass is 225 g/mol. The zero-order chi connectivity index (χ0) is 10.5. The van der Waals surface area contributed by atoms with Crippen LogP contribution in [0.25, 0.3) is 0 Å². The smallest absolute Gasteiger partial charge is 0.183 e. The Morgan fingerprint density at radius 2 is 2.47 bits per heavy atom. The predicted molar refractivity (Wildman–Crippen MR) is 54.1 cm³/mol. The third kappa shape index (κ3) is 2.52. The summed E-state index contributed by atoms with van der Waals surface area (Å²) in [5, 5.41) is 18.8. The molecule has 0 aliphatic heterocycles. The molecule has 2 aromatic rings. The molecule has 0 saturated heterocycles. The summed E-state index contributed by atoms with van der Waals surface area (Å²) in [7, 11) is 0. The number of nitrogens with zero attached hydrogens (tertiary/aromatic N) is 6. The van der Waals surface area contributed by atoms with Gasteiger partial charge in [-0.15, -0.1) is 5.10 Å². The van der Waals surface area contributed by atoms with Gasteiger partial charge in [0, 0.05) is 6.54 Å². The SMILES string of the molecule is CCCn1nnnc1CSc1ncn[nH]1. The van der Waals surface area contributed by atoms with Crippen molar-refractivity contribution in [2.24, 2.45) is 0 Å². The highest BCUT2D eigenvalue weighted by Crippen LogP contribution is 2.15. The Morgan fingerprint density at radius 3 is 3.20 bits per heavy atom. The second-order valence-corrected chi connectivity index (χ2v) is 3.86. The molecule has 0 aromatic carbocycles. The molecule has 0 aliphatic carbocycles. The number of aromatic nitrogens is 7. The first-order valence-electron chi connectivity index (χ1n) is 4.63. The van der Waals surface area contributed by atoms with E-state index in [1.165, 1.54) is 18.1 Å². The van der Waals surface area contributed by atoms with Crippen molar-refractivity contribution >= 4 is 11.8 Å². The topological polar surface area (TPSA) is 85.2 Å². The fraction of sp³-hybridized carbons (Fsp3) is 0.571. The van der Waals surface area contributed by atoms with Gasteiger partial charge in [0.15, 0.2) is 11.0 Å². The third-order valence-corrected chi connectivity index (χ3v) is 2.65. The van der Waals surface area contributed by atoms with Crippen molar-refractivity contribution in [3.8, 4) is 0 Å². The Bertz CT molecular complexity index is 395. The number of H-pyrrole nitrogens is 1. The molecule has 0 spiro atoms. The number of hydrogen-bond donors (Lipinski definition) is 1. The molecule has 80 valence electrons. The molecule has 0 amide bonds. The highest BCUT2D eigenvalue weighted by molar-refractivity contribution is 7.98. The van der Waals surface area contributed by atoms with Crippen molar-refractivity contribution in [2.45, 2.75) is 30.8 Å². The van der Waals surface area contributed by atoms with Gasteiger partial charge in [0.05, 0.1) is 5.75 Å². The van der Waals surface area contributed by atoms with Crippen LogP contribution >= 0.6 is 11.8 Å². The van der Waals surface area contributed by atoms with E-state index in [0.717, 1.165) is 23.9 Å². The molecular weight excluding hydrogens is 214 g/mol. The lowest BCUT2D eigenvalue weighted by Crippen LogP contribution is -2.04. The standard InChI is InChI=1S/C7H11N7S/c1-2-3-14-6(10-12-13-14)4-15-7-8-5-9-11-7/h5H,2-4H2,1H3,(H,8,9,11). The number of aryl methyl sites for hydroxylation is 1. The summed E-state index contributed by atoms with van der Waals surface area (Å²) in [5.41, 5.74) is 0. The van der Waals surface area contributed by atoms with Crippen LogP contribution in [0, 0.1) is 0 Å². The molecular formula is C7H11N7S. The summed E-state index contributed by atoms with van der Waals surface area (Å²) < 4.78 is 1.81. The van der Waals surface area contributed by atoms with E-state index in [2.05, 4.69) is 37.6 Å². The molecule has 0 radical (unpaired) electrons. The van der Waals surface area contributed by atoms with Gasteiger partial charge in [0.1, 0.15) is 6.33 Å². The molecule has 1 N–H and O–H groups in total. The Balaban J connectivity index is 1.95. The van der Waals surface area contributed by atoms with Crippen LogP contribution in [0.5, 0.6) is 0 Å². The molecule has 0 saturated carbocycles. The molecule has 8 heteroatoms. The number of aromatic amines is 1. The summed E-state index contributed by atoms with van der Waals surface area (Å²) in [6, 6.07) is 0. The Hall–Kier alpha value is -1.44. The highest BCUT2D eigenvalue weighted by atomic mass is 32.2. The van der Waals surface area contributed by atoms with Crippen LogP contribution in [0.2, 0.25) is 0 Å². The minimum absolute atomic E-state index is 0.697. The van der Waals surface area contributed by atoms with Gasteiger partial charge >= 0.3 is 0 Å². The second kappa shape index (κ2) is 4.87. The third-order valence-electron chi connectivity index (χ3n) is 1.77. The maximum absolute atomic E-state index is 4.01. The van der Waals surface area contributed by atoms with Gasteiger partial charge < -0.3 is 0 Å². The fourth-order valence-electron chi connectivity index (χ4n) is 1.11. The van der Waals surface area contributed by atoms with Crippen molar-refractivity contribution in [1.29, 1.82) is 0 Å². The second-order valence-electron chi connectivity index (χ2n) is 2.90. The van der Waals surface area contributed by atoms with E-state index < -0.39 is 0 Å². The minimum atomic E-state index is 0.697. The fourth-order valence-corrected chi connectivity index (χ4v) is 1.82. The van der Waals surface area contributed by atoms with E-state index >= 15 is 0 Å². The number of nitrogens with one attached hydrogen (secondary N) is 1. The average molecular weight is 225 g/mol. The van der Waals surface area contributed by atoms with Gasteiger partial charge in [-0.25, -0.2) is 9.67 Å². The van der Waals surface area contributed by atoms with E-state index in [-0.39, 0.29) is 0 Å². The van der Waals surface area contributed by atoms with Crippen LogP contribution in [-0.4, -0.2) is 35.4 Å².